The van der Waals surface area contributed by atoms with Crippen LogP contribution in [0, 0.1) is 5.82 Å². The minimum atomic E-state index is -0.479. The van der Waals surface area contributed by atoms with Crippen LogP contribution in [0.25, 0.3) is 0 Å². The monoisotopic (exact) mass is 272 g/mol. The Morgan fingerprint density at radius 2 is 2.15 bits per heavy atom. The standard InChI is InChI=1S/C16H13FO3/c17-13-5-11(8-18)6-14(7-13)19-9-12-10-20-16-4-2-1-3-15(12)16/h1-8,12H,9-10H2. The van der Waals surface area contributed by atoms with Crippen LogP contribution in [-0.4, -0.2) is 19.5 Å². The van der Waals surface area contributed by atoms with E-state index >= 15 is 0 Å². The van der Waals surface area contributed by atoms with Gasteiger partial charge in [0.05, 0.1) is 19.1 Å². The summed E-state index contributed by atoms with van der Waals surface area (Å²) >= 11 is 0. The Morgan fingerprint density at radius 3 is 3.00 bits per heavy atom. The molecule has 1 atom stereocenters. The summed E-state index contributed by atoms with van der Waals surface area (Å²) in [6.07, 6.45) is 0.601. The number of benzene rings is 2. The van der Waals surface area contributed by atoms with Gasteiger partial charge in [0.1, 0.15) is 23.6 Å². The third kappa shape index (κ3) is 2.50. The first kappa shape index (κ1) is 12.7. The molecule has 0 bridgehead atoms. The molecule has 1 aliphatic rings. The average Bonchev–Trinajstić information content (AvgIpc) is 2.88. The number of para-hydroxylation sites is 1. The summed E-state index contributed by atoms with van der Waals surface area (Å²) in [7, 11) is 0. The first-order chi connectivity index (χ1) is 9.76. The van der Waals surface area contributed by atoms with Crippen molar-refractivity contribution in [3.63, 3.8) is 0 Å². The molecule has 0 aromatic heterocycles. The molecule has 1 heterocycles. The van der Waals surface area contributed by atoms with E-state index in [1.807, 2.05) is 24.3 Å². The molecule has 1 unspecified atom stereocenters. The van der Waals surface area contributed by atoms with Crippen molar-refractivity contribution in [2.75, 3.05) is 13.2 Å². The summed E-state index contributed by atoms with van der Waals surface area (Å²) in [5.41, 5.74) is 1.36. The highest BCUT2D eigenvalue weighted by Crippen LogP contribution is 2.33. The van der Waals surface area contributed by atoms with Crippen molar-refractivity contribution in [2.24, 2.45) is 0 Å². The van der Waals surface area contributed by atoms with Gasteiger partial charge in [0.2, 0.25) is 0 Å². The maximum Gasteiger partial charge on any atom is 0.150 e. The highest BCUT2D eigenvalue weighted by Gasteiger charge is 2.24. The van der Waals surface area contributed by atoms with E-state index in [9.17, 15) is 9.18 Å². The van der Waals surface area contributed by atoms with Gasteiger partial charge in [0, 0.05) is 17.2 Å². The van der Waals surface area contributed by atoms with Crippen LogP contribution in [0.5, 0.6) is 11.5 Å². The summed E-state index contributed by atoms with van der Waals surface area (Å²) < 4.78 is 24.4. The molecule has 0 saturated carbocycles. The molecule has 2 aromatic carbocycles. The van der Waals surface area contributed by atoms with Gasteiger partial charge in [0.25, 0.3) is 0 Å². The molecular formula is C16H13FO3. The van der Waals surface area contributed by atoms with Crippen molar-refractivity contribution in [3.05, 3.63) is 59.4 Å². The second-order valence-electron chi connectivity index (χ2n) is 4.69. The van der Waals surface area contributed by atoms with E-state index in [1.165, 1.54) is 18.2 Å². The maximum absolute atomic E-state index is 13.3. The molecule has 102 valence electrons. The van der Waals surface area contributed by atoms with Gasteiger partial charge < -0.3 is 9.47 Å². The Kier molecular flexibility index (Phi) is 3.37. The topological polar surface area (TPSA) is 35.5 Å². The average molecular weight is 272 g/mol. The molecule has 1 aliphatic heterocycles. The van der Waals surface area contributed by atoms with Gasteiger partial charge in [-0.05, 0) is 18.2 Å². The zero-order valence-electron chi connectivity index (χ0n) is 10.7. The van der Waals surface area contributed by atoms with Gasteiger partial charge in [0.15, 0.2) is 0 Å². The molecule has 0 spiro atoms. The Bertz CT molecular complexity index is 639. The van der Waals surface area contributed by atoms with E-state index in [1.54, 1.807) is 0 Å². The lowest BCUT2D eigenvalue weighted by atomic mass is 10.0. The first-order valence-electron chi connectivity index (χ1n) is 6.36. The molecule has 20 heavy (non-hydrogen) atoms. The van der Waals surface area contributed by atoms with Crippen molar-refractivity contribution in [1.82, 2.24) is 0 Å². The lowest BCUT2D eigenvalue weighted by Crippen LogP contribution is -2.11. The van der Waals surface area contributed by atoms with E-state index in [0.717, 1.165) is 11.3 Å². The van der Waals surface area contributed by atoms with Gasteiger partial charge in [-0.3, -0.25) is 4.79 Å². The van der Waals surface area contributed by atoms with Crippen molar-refractivity contribution in [1.29, 1.82) is 0 Å². The zero-order valence-corrected chi connectivity index (χ0v) is 10.7. The first-order valence-corrected chi connectivity index (χ1v) is 6.36. The summed E-state index contributed by atoms with van der Waals surface area (Å²) in [6, 6.07) is 11.8. The van der Waals surface area contributed by atoms with Crippen LogP contribution < -0.4 is 9.47 Å². The van der Waals surface area contributed by atoms with Crippen LogP contribution in [0.2, 0.25) is 0 Å². The fraction of sp³-hybridized carbons (Fsp3) is 0.188. The van der Waals surface area contributed by atoms with E-state index < -0.39 is 5.82 Å². The van der Waals surface area contributed by atoms with Gasteiger partial charge >= 0.3 is 0 Å². The van der Waals surface area contributed by atoms with Crippen molar-refractivity contribution >= 4 is 6.29 Å². The third-order valence-electron chi connectivity index (χ3n) is 3.28. The van der Waals surface area contributed by atoms with E-state index in [-0.39, 0.29) is 11.5 Å². The van der Waals surface area contributed by atoms with Gasteiger partial charge in [-0.2, -0.15) is 0 Å². The summed E-state index contributed by atoms with van der Waals surface area (Å²) in [5, 5.41) is 0. The molecule has 2 aromatic rings. The quantitative estimate of drug-likeness (QED) is 0.802. The predicted molar refractivity (Wildman–Crippen MR) is 72.0 cm³/mol. The molecule has 3 nitrogen and oxygen atoms in total. The number of rotatable bonds is 4. The second kappa shape index (κ2) is 5.33. The van der Waals surface area contributed by atoms with Crippen LogP contribution >= 0.6 is 0 Å². The molecule has 0 saturated heterocycles. The van der Waals surface area contributed by atoms with Crippen LogP contribution in [0.15, 0.2) is 42.5 Å². The summed E-state index contributed by atoms with van der Waals surface area (Å²) in [4.78, 5) is 10.7. The summed E-state index contributed by atoms with van der Waals surface area (Å²) in [5.74, 6) is 0.868. The maximum atomic E-state index is 13.3. The van der Waals surface area contributed by atoms with E-state index in [2.05, 4.69) is 0 Å². The molecule has 0 aliphatic carbocycles. The van der Waals surface area contributed by atoms with Crippen LogP contribution in [0.1, 0.15) is 21.8 Å². The Balaban J connectivity index is 1.72. The largest absolute Gasteiger partial charge is 0.493 e. The van der Waals surface area contributed by atoms with Crippen molar-refractivity contribution in [2.45, 2.75) is 5.92 Å². The Hall–Kier alpha value is -2.36. The number of hydrogen-bond donors (Lipinski definition) is 0. The van der Waals surface area contributed by atoms with Gasteiger partial charge in [-0.1, -0.05) is 18.2 Å². The predicted octanol–water partition coefficient (Wildman–Crippen LogP) is 3.19. The normalized spacial score (nSPS) is 16.4. The number of carbonyl (C=O) groups excluding carboxylic acids is 1. The van der Waals surface area contributed by atoms with Crippen LogP contribution in [-0.2, 0) is 0 Å². The lowest BCUT2D eigenvalue weighted by molar-refractivity contribution is 0.112. The minimum Gasteiger partial charge on any atom is -0.493 e. The lowest BCUT2D eigenvalue weighted by Gasteiger charge is -2.11. The SMILES string of the molecule is O=Cc1cc(F)cc(OCC2COc3ccccc32)c1. The fourth-order valence-electron chi connectivity index (χ4n) is 2.30. The Labute approximate surface area is 115 Å². The van der Waals surface area contributed by atoms with E-state index in [4.69, 9.17) is 9.47 Å². The Morgan fingerprint density at radius 1 is 1.30 bits per heavy atom. The van der Waals surface area contributed by atoms with E-state index in [0.29, 0.717) is 25.2 Å². The number of fused-ring (bicyclic) bond motifs is 1. The van der Waals surface area contributed by atoms with Gasteiger partial charge in [-0.25, -0.2) is 4.39 Å². The van der Waals surface area contributed by atoms with Crippen molar-refractivity contribution in [3.8, 4) is 11.5 Å². The minimum absolute atomic E-state index is 0.120. The molecule has 0 fully saturated rings. The summed E-state index contributed by atoms with van der Waals surface area (Å²) in [6.45, 7) is 0.938. The third-order valence-corrected chi connectivity index (χ3v) is 3.28. The van der Waals surface area contributed by atoms with Crippen LogP contribution in [0.3, 0.4) is 0 Å². The molecule has 4 heteroatoms. The number of hydrogen-bond acceptors (Lipinski definition) is 3. The molecular weight excluding hydrogens is 259 g/mol. The number of aldehydes is 1. The van der Waals surface area contributed by atoms with Crippen LogP contribution in [0.4, 0.5) is 4.39 Å². The second-order valence-corrected chi connectivity index (χ2v) is 4.69. The molecule has 3 rings (SSSR count). The van der Waals surface area contributed by atoms with Gasteiger partial charge in [-0.15, -0.1) is 0 Å². The smallest absolute Gasteiger partial charge is 0.150 e. The fourth-order valence-corrected chi connectivity index (χ4v) is 2.30. The number of ether oxygens (including phenoxy) is 2. The zero-order chi connectivity index (χ0) is 13.9. The highest BCUT2D eigenvalue weighted by molar-refractivity contribution is 5.75. The van der Waals surface area contributed by atoms with Crippen molar-refractivity contribution < 1.29 is 18.7 Å². The molecule has 0 amide bonds. The highest BCUT2D eigenvalue weighted by atomic mass is 19.1. The number of carbonyl (C=O) groups is 1. The molecule has 0 radical (unpaired) electrons. The molecule has 0 N–H and O–H groups in total. The number of halogens is 1.